The van der Waals surface area contributed by atoms with Gasteiger partial charge in [0.05, 0.1) is 0 Å². The molecule has 2 N–H and O–H groups in total. The Bertz CT molecular complexity index is 122. The van der Waals surface area contributed by atoms with Crippen LogP contribution >= 0.6 is 0 Å². The number of aldehydes is 1. The Morgan fingerprint density at radius 1 is 1.31 bits per heavy atom. The van der Waals surface area contributed by atoms with Crippen molar-refractivity contribution >= 4 is 6.29 Å². The highest BCUT2D eigenvalue weighted by molar-refractivity contribution is 5.44. The van der Waals surface area contributed by atoms with Crippen molar-refractivity contribution in [1.29, 1.82) is 0 Å². The van der Waals surface area contributed by atoms with Crippen LogP contribution in [-0.4, -0.2) is 62.4 Å². The molecule has 0 atom stereocenters. The van der Waals surface area contributed by atoms with E-state index in [1.54, 1.807) is 0 Å². The Labute approximate surface area is 80.7 Å². The van der Waals surface area contributed by atoms with Crippen LogP contribution in [0.15, 0.2) is 0 Å². The molecule has 1 rings (SSSR count). The Kier molecular flexibility index (Phi) is 7.88. The third kappa shape index (κ3) is 6.69. The fraction of sp³-hybridized carbons (Fsp3) is 0.889. The van der Waals surface area contributed by atoms with Gasteiger partial charge in [-0.2, -0.15) is 0 Å². The molecule has 1 saturated heterocycles. The first kappa shape index (κ1) is 12.6. The van der Waals surface area contributed by atoms with Gasteiger partial charge < -0.3 is 15.4 Å². The van der Waals surface area contributed by atoms with Crippen molar-refractivity contribution in [3.8, 4) is 0 Å². The van der Waals surface area contributed by atoms with Gasteiger partial charge in [-0.1, -0.05) is 0 Å². The highest BCUT2D eigenvalue weighted by Crippen LogP contribution is 1.96. The van der Waals surface area contributed by atoms with Gasteiger partial charge in [0.1, 0.15) is 6.29 Å². The van der Waals surface area contributed by atoms with Crippen molar-refractivity contribution in [3.05, 3.63) is 0 Å². The summed E-state index contributed by atoms with van der Waals surface area (Å²) in [5.41, 5.74) is 5.44. The maximum atomic E-state index is 8.81. The smallest absolute Gasteiger partial charge is 0.116 e. The van der Waals surface area contributed by atoms with Crippen LogP contribution < -0.4 is 5.73 Å². The van der Waals surface area contributed by atoms with Gasteiger partial charge in [0.25, 0.3) is 0 Å². The third-order valence-corrected chi connectivity index (χ3v) is 2.04. The molecular weight excluding hydrogens is 166 g/mol. The van der Waals surface area contributed by atoms with E-state index in [0.717, 1.165) is 19.4 Å². The minimum absolute atomic E-state index is 0.750. The van der Waals surface area contributed by atoms with Crippen molar-refractivity contribution in [2.45, 2.75) is 6.92 Å². The van der Waals surface area contributed by atoms with E-state index in [0.29, 0.717) is 0 Å². The zero-order valence-corrected chi connectivity index (χ0v) is 8.70. The molecular formula is C9H21N3O. The summed E-state index contributed by atoms with van der Waals surface area (Å²) in [6.07, 6.45) is 0.750. The highest BCUT2D eigenvalue weighted by atomic mass is 16.1. The van der Waals surface area contributed by atoms with Crippen LogP contribution in [-0.2, 0) is 4.79 Å². The van der Waals surface area contributed by atoms with Crippen LogP contribution in [0, 0.1) is 0 Å². The SMILES string of the molecule is CC=O.CN1CCN(CCN)CC1. The lowest BCUT2D eigenvalue weighted by Gasteiger charge is -2.31. The first-order valence-corrected chi connectivity index (χ1v) is 4.75. The number of nitrogens with two attached hydrogens (primary N) is 1. The van der Waals surface area contributed by atoms with Crippen molar-refractivity contribution in [3.63, 3.8) is 0 Å². The van der Waals surface area contributed by atoms with Gasteiger partial charge in [0.15, 0.2) is 0 Å². The molecule has 0 unspecified atom stereocenters. The number of rotatable bonds is 2. The van der Waals surface area contributed by atoms with E-state index in [2.05, 4.69) is 16.8 Å². The predicted octanol–water partition coefficient (Wildman–Crippen LogP) is -0.602. The average Bonchev–Trinajstić information content (AvgIpc) is 2.11. The van der Waals surface area contributed by atoms with Gasteiger partial charge in [0, 0.05) is 39.3 Å². The lowest BCUT2D eigenvalue weighted by molar-refractivity contribution is -0.106. The van der Waals surface area contributed by atoms with E-state index in [1.165, 1.54) is 33.1 Å². The normalized spacial score (nSPS) is 19.0. The standard InChI is InChI=1S/C7H17N3.C2H4O/c1-9-4-6-10(3-2-8)7-5-9;1-2-3/h2-8H2,1H3;2H,1H3. The van der Waals surface area contributed by atoms with E-state index in [-0.39, 0.29) is 0 Å². The van der Waals surface area contributed by atoms with E-state index in [4.69, 9.17) is 10.5 Å². The third-order valence-electron chi connectivity index (χ3n) is 2.04. The lowest BCUT2D eigenvalue weighted by atomic mass is 10.3. The summed E-state index contributed by atoms with van der Waals surface area (Å²) in [6.45, 7) is 8.07. The molecule has 0 radical (unpaired) electrons. The molecule has 13 heavy (non-hydrogen) atoms. The number of nitrogens with zero attached hydrogens (tertiary/aromatic N) is 2. The van der Waals surface area contributed by atoms with Gasteiger partial charge in [-0.3, -0.25) is 4.90 Å². The molecule has 1 heterocycles. The number of piperazine rings is 1. The van der Waals surface area contributed by atoms with E-state index >= 15 is 0 Å². The summed E-state index contributed by atoms with van der Waals surface area (Å²) in [5, 5.41) is 0. The molecule has 1 aliphatic rings. The second-order valence-electron chi connectivity index (χ2n) is 3.17. The van der Waals surface area contributed by atoms with Crippen LogP contribution in [0.5, 0.6) is 0 Å². The summed E-state index contributed by atoms with van der Waals surface area (Å²) in [5.74, 6) is 0. The van der Waals surface area contributed by atoms with Crippen LogP contribution in [0.2, 0.25) is 0 Å². The van der Waals surface area contributed by atoms with Gasteiger partial charge in [-0.25, -0.2) is 0 Å². The van der Waals surface area contributed by atoms with Gasteiger partial charge in [-0.05, 0) is 14.0 Å². The monoisotopic (exact) mass is 187 g/mol. The zero-order valence-electron chi connectivity index (χ0n) is 8.70. The zero-order chi connectivity index (χ0) is 10.1. The van der Waals surface area contributed by atoms with Gasteiger partial charge in [-0.15, -0.1) is 0 Å². The van der Waals surface area contributed by atoms with Gasteiger partial charge >= 0.3 is 0 Å². The maximum absolute atomic E-state index is 8.81. The fourth-order valence-corrected chi connectivity index (χ4v) is 1.25. The molecule has 4 heteroatoms. The first-order chi connectivity index (χ1) is 6.24. The van der Waals surface area contributed by atoms with Crippen molar-refractivity contribution in [1.82, 2.24) is 9.80 Å². The van der Waals surface area contributed by atoms with E-state index in [9.17, 15) is 0 Å². The average molecular weight is 187 g/mol. The molecule has 0 aromatic rings. The molecule has 4 nitrogen and oxygen atoms in total. The molecule has 0 spiro atoms. The Balaban J connectivity index is 0.000000424. The number of carbonyl (C=O) groups excluding carboxylic acids is 1. The molecule has 0 bridgehead atoms. The Morgan fingerprint density at radius 3 is 2.15 bits per heavy atom. The lowest BCUT2D eigenvalue weighted by Crippen LogP contribution is -2.45. The molecule has 0 aliphatic carbocycles. The molecule has 0 saturated carbocycles. The molecule has 1 aliphatic heterocycles. The Hall–Kier alpha value is -0.450. The second-order valence-corrected chi connectivity index (χ2v) is 3.17. The van der Waals surface area contributed by atoms with Gasteiger partial charge in [0.2, 0.25) is 0 Å². The van der Waals surface area contributed by atoms with Crippen molar-refractivity contribution in [2.24, 2.45) is 5.73 Å². The van der Waals surface area contributed by atoms with E-state index in [1.807, 2.05) is 0 Å². The van der Waals surface area contributed by atoms with Crippen LogP contribution in [0.4, 0.5) is 0 Å². The fourth-order valence-electron chi connectivity index (χ4n) is 1.25. The molecule has 78 valence electrons. The first-order valence-electron chi connectivity index (χ1n) is 4.75. The predicted molar refractivity (Wildman–Crippen MR) is 54.7 cm³/mol. The quantitative estimate of drug-likeness (QED) is 0.586. The largest absolute Gasteiger partial charge is 0.329 e. The molecule has 0 aromatic carbocycles. The van der Waals surface area contributed by atoms with Crippen molar-refractivity contribution < 1.29 is 4.79 Å². The summed E-state index contributed by atoms with van der Waals surface area (Å²) >= 11 is 0. The minimum Gasteiger partial charge on any atom is -0.329 e. The topological polar surface area (TPSA) is 49.6 Å². The number of hydrogen-bond acceptors (Lipinski definition) is 4. The van der Waals surface area contributed by atoms with Crippen LogP contribution in [0.3, 0.4) is 0 Å². The molecule has 0 amide bonds. The van der Waals surface area contributed by atoms with Crippen LogP contribution in [0.1, 0.15) is 6.92 Å². The van der Waals surface area contributed by atoms with Crippen molar-refractivity contribution in [2.75, 3.05) is 46.3 Å². The summed E-state index contributed by atoms with van der Waals surface area (Å²) in [4.78, 5) is 13.6. The summed E-state index contributed by atoms with van der Waals surface area (Å²) < 4.78 is 0. The Morgan fingerprint density at radius 2 is 1.77 bits per heavy atom. The second kappa shape index (κ2) is 8.16. The minimum atomic E-state index is 0.750. The maximum Gasteiger partial charge on any atom is 0.116 e. The summed E-state index contributed by atoms with van der Waals surface area (Å²) in [6, 6.07) is 0. The number of likely N-dealkylation sites (N-methyl/N-ethyl adjacent to an activating group) is 1. The molecule has 0 aromatic heterocycles. The highest BCUT2D eigenvalue weighted by Gasteiger charge is 2.11. The van der Waals surface area contributed by atoms with E-state index < -0.39 is 0 Å². The number of hydrogen-bond donors (Lipinski definition) is 1. The summed E-state index contributed by atoms with van der Waals surface area (Å²) in [7, 11) is 2.17. The number of carbonyl (C=O) groups is 1. The van der Waals surface area contributed by atoms with Crippen LogP contribution in [0.25, 0.3) is 0 Å². The molecule has 1 fully saturated rings.